The second kappa shape index (κ2) is 12.4. The standard InChI is InChI=1S/C7H16O3.C4H9NO/c1-4-8-7(9-5-2)10-6-3;1-4(6)5(2)3/h7H,4-6H2,1-3H3;1-3H3. The monoisotopic (exact) mass is 235 g/mol. The summed E-state index contributed by atoms with van der Waals surface area (Å²) in [5.74, 6) is 0.0926. The van der Waals surface area contributed by atoms with Gasteiger partial charge in [0, 0.05) is 40.8 Å². The first-order chi connectivity index (χ1) is 7.49. The fraction of sp³-hybridized carbons (Fsp3) is 0.909. The van der Waals surface area contributed by atoms with E-state index in [1.165, 1.54) is 11.8 Å². The van der Waals surface area contributed by atoms with Crippen LogP contribution in [0.1, 0.15) is 27.7 Å². The molecule has 0 aliphatic carbocycles. The van der Waals surface area contributed by atoms with E-state index in [0.717, 1.165) is 0 Å². The van der Waals surface area contributed by atoms with Gasteiger partial charge in [0.05, 0.1) is 0 Å². The van der Waals surface area contributed by atoms with Crippen molar-refractivity contribution in [1.82, 2.24) is 4.90 Å². The maximum atomic E-state index is 10.1. The van der Waals surface area contributed by atoms with Gasteiger partial charge in [-0.15, -0.1) is 0 Å². The Bertz CT molecular complexity index is 148. The Morgan fingerprint density at radius 3 is 1.38 bits per heavy atom. The van der Waals surface area contributed by atoms with E-state index in [-0.39, 0.29) is 5.91 Å². The summed E-state index contributed by atoms with van der Waals surface area (Å²) in [6.07, 6.45) is 0. The van der Waals surface area contributed by atoms with Gasteiger partial charge in [-0.2, -0.15) is 0 Å². The summed E-state index contributed by atoms with van der Waals surface area (Å²) in [6.45, 7) is 8.63. The average molecular weight is 235 g/mol. The van der Waals surface area contributed by atoms with Crippen LogP contribution in [0.15, 0.2) is 0 Å². The molecule has 0 aromatic heterocycles. The predicted molar refractivity (Wildman–Crippen MR) is 63.0 cm³/mol. The number of ether oxygens (including phenoxy) is 3. The van der Waals surface area contributed by atoms with Gasteiger partial charge in [0.2, 0.25) is 5.91 Å². The van der Waals surface area contributed by atoms with Gasteiger partial charge < -0.3 is 19.1 Å². The van der Waals surface area contributed by atoms with Gasteiger partial charge in [0.1, 0.15) is 0 Å². The van der Waals surface area contributed by atoms with Crippen molar-refractivity contribution in [2.24, 2.45) is 0 Å². The number of carbonyl (C=O) groups is 1. The lowest BCUT2D eigenvalue weighted by atomic mass is 10.7. The van der Waals surface area contributed by atoms with E-state index in [4.69, 9.17) is 14.2 Å². The maximum absolute atomic E-state index is 10.1. The minimum Gasteiger partial charge on any atom is -0.349 e. The lowest BCUT2D eigenvalue weighted by molar-refractivity contribution is -0.282. The summed E-state index contributed by atoms with van der Waals surface area (Å²) in [5.41, 5.74) is 0. The molecule has 0 aromatic rings. The molecule has 0 bridgehead atoms. The number of carbonyl (C=O) groups excluding carboxylic acids is 1. The van der Waals surface area contributed by atoms with Crippen LogP contribution in [-0.2, 0) is 19.0 Å². The SMILES string of the molecule is CC(=O)N(C)C.CCOC(OCC)OCC. The van der Waals surface area contributed by atoms with Crippen molar-refractivity contribution in [2.75, 3.05) is 33.9 Å². The Hall–Kier alpha value is -0.650. The van der Waals surface area contributed by atoms with Crippen LogP contribution in [-0.4, -0.2) is 51.2 Å². The Morgan fingerprint density at radius 2 is 1.25 bits per heavy atom. The third-order valence-corrected chi connectivity index (χ3v) is 1.54. The fourth-order valence-electron chi connectivity index (χ4n) is 0.553. The van der Waals surface area contributed by atoms with Crippen LogP contribution >= 0.6 is 0 Å². The lowest BCUT2D eigenvalue weighted by Gasteiger charge is -2.15. The molecule has 5 heteroatoms. The number of nitrogens with zero attached hydrogens (tertiary/aromatic N) is 1. The summed E-state index contributed by atoms with van der Waals surface area (Å²) in [7, 11) is 3.45. The molecule has 1 amide bonds. The molecular weight excluding hydrogens is 210 g/mol. The molecule has 0 aromatic carbocycles. The van der Waals surface area contributed by atoms with Gasteiger partial charge in [-0.1, -0.05) is 0 Å². The van der Waals surface area contributed by atoms with Crippen LogP contribution in [0.4, 0.5) is 0 Å². The van der Waals surface area contributed by atoms with Crippen molar-refractivity contribution in [3.63, 3.8) is 0 Å². The molecular formula is C11H25NO4. The van der Waals surface area contributed by atoms with Gasteiger partial charge in [0.25, 0.3) is 6.48 Å². The van der Waals surface area contributed by atoms with Crippen LogP contribution in [0.2, 0.25) is 0 Å². The molecule has 98 valence electrons. The van der Waals surface area contributed by atoms with Crippen LogP contribution in [0.25, 0.3) is 0 Å². The van der Waals surface area contributed by atoms with Gasteiger partial charge in [-0.25, -0.2) is 0 Å². The first-order valence-electron chi connectivity index (χ1n) is 5.52. The molecule has 0 unspecified atom stereocenters. The zero-order chi connectivity index (χ0) is 13.0. The molecule has 0 rings (SSSR count). The molecule has 0 aliphatic rings. The van der Waals surface area contributed by atoms with Gasteiger partial charge >= 0.3 is 0 Å². The lowest BCUT2D eigenvalue weighted by Crippen LogP contribution is -2.20. The summed E-state index contributed by atoms with van der Waals surface area (Å²) in [6, 6.07) is 0. The van der Waals surface area contributed by atoms with E-state index in [2.05, 4.69) is 0 Å². The highest BCUT2D eigenvalue weighted by molar-refractivity contribution is 5.72. The third kappa shape index (κ3) is 13.4. The molecule has 0 aliphatic heterocycles. The molecule has 0 N–H and O–H groups in total. The minimum absolute atomic E-state index is 0.0926. The zero-order valence-electron chi connectivity index (χ0n) is 11.3. The minimum atomic E-state index is -0.472. The fourth-order valence-corrected chi connectivity index (χ4v) is 0.553. The largest absolute Gasteiger partial charge is 0.349 e. The van der Waals surface area contributed by atoms with Crippen molar-refractivity contribution in [3.8, 4) is 0 Å². The smallest absolute Gasteiger partial charge is 0.271 e. The average Bonchev–Trinajstić information content (AvgIpc) is 2.19. The van der Waals surface area contributed by atoms with Crippen molar-refractivity contribution < 1.29 is 19.0 Å². The Kier molecular flexibility index (Phi) is 13.8. The Morgan fingerprint density at radius 1 is 1.00 bits per heavy atom. The van der Waals surface area contributed by atoms with Crippen molar-refractivity contribution in [1.29, 1.82) is 0 Å². The molecule has 0 radical (unpaired) electrons. The number of hydrogen-bond donors (Lipinski definition) is 0. The highest BCUT2D eigenvalue weighted by Crippen LogP contribution is 1.95. The van der Waals surface area contributed by atoms with Gasteiger partial charge in [-0.3, -0.25) is 4.79 Å². The Balaban J connectivity index is 0. The predicted octanol–water partition coefficient (Wildman–Crippen LogP) is 1.47. The molecule has 0 saturated carbocycles. The van der Waals surface area contributed by atoms with Crippen LogP contribution in [0.5, 0.6) is 0 Å². The molecule has 5 nitrogen and oxygen atoms in total. The maximum Gasteiger partial charge on any atom is 0.271 e. The summed E-state index contributed by atoms with van der Waals surface area (Å²) in [5, 5.41) is 0. The van der Waals surface area contributed by atoms with Crippen LogP contribution in [0.3, 0.4) is 0 Å². The highest BCUT2D eigenvalue weighted by atomic mass is 16.8. The molecule has 0 saturated heterocycles. The van der Waals surface area contributed by atoms with Gasteiger partial charge in [0.15, 0.2) is 0 Å². The number of amides is 1. The molecule has 0 spiro atoms. The second-order valence-electron chi connectivity index (χ2n) is 3.07. The van der Waals surface area contributed by atoms with E-state index < -0.39 is 6.48 Å². The topological polar surface area (TPSA) is 48.0 Å². The molecule has 0 atom stereocenters. The quantitative estimate of drug-likeness (QED) is 0.654. The van der Waals surface area contributed by atoms with E-state index in [0.29, 0.717) is 19.8 Å². The summed E-state index contributed by atoms with van der Waals surface area (Å²) < 4.78 is 15.2. The summed E-state index contributed by atoms with van der Waals surface area (Å²) >= 11 is 0. The zero-order valence-corrected chi connectivity index (χ0v) is 11.3. The van der Waals surface area contributed by atoms with Gasteiger partial charge in [-0.05, 0) is 20.8 Å². The van der Waals surface area contributed by atoms with E-state index in [1.54, 1.807) is 14.1 Å². The van der Waals surface area contributed by atoms with E-state index in [9.17, 15) is 4.79 Å². The van der Waals surface area contributed by atoms with Crippen molar-refractivity contribution in [2.45, 2.75) is 34.2 Å². The third-order valence-electron chi connectivity index (χ3n) is 1.54. The van der Waals surface area contributed by atoms with Crippen LogP contribution in [0, 0.1) is 0 Å². The number of hydrogen-bond acceptors (Lipinski definition) is 4. The first kappa shape index (κ1) is 17.7. The Labute approximate surface area is 98.7 Å². The first-order valence-corrected chi connectivity index (χ1v) is 5.52. The van der Waals surface area contributed by atoms with E-state index in [1.807, 2.05) is 20.8 Å². The molecule has 16 heavy (non-hydrogen) atoms. The summed E-state index contributed by atoms with van der Waals surface area (Å²) in [4.78, 5) is 11.6. The van der Waals surface area contributed by atoms with Crippen molar-refractivity contribution in [3.05, 3.63) is 0 Å². The number of rotatable bonds is 6. The van der Waals surface area contributed by atoms with Crippen LogP contribution < -0.4 is 0 Å². The highest BCUT2D eigenvalue weighted by Gasteiger charge is 2.04. The normalized spacial score (nSPS) is 9.69. The van der Waals surface area contributed by atoms with Crippen molar-refractivity contribution >= 4 is 5.91 Å². The molecule has 0 fully saturated rings. The second-order valence-corrected chi connectivity index (χ2v) is 3.07. The van der Waals surface area contributed by atoms with E-state index >= 15 is 0 Å². The molecule has 0 heterocycles.